The fourth-order valence-electron chi connectivity index (χ4n) is 0.847. The maximum Gasteiger partial charge on any atom is 0.307 e. The second-order valence-electron chi connectivity index (χ2n) is 2.35. The number of ether oxygens (including phenoxy) is 2. The Labute approximate surface area is 65.9 Å². The van der Waals surface area contributed by atoms with Crippen molar-refractivity contribution in [3.8, 4) is 0 Å². The van der Waals surface area contributed by atoms with Crippen molar-refractivity contribution in [3.63, 3.8) is 0 Å². The van der Waals surface area contributed by atoms with Crippen molar-refractivity contribution in [2.24, 2.45) is 0 Å². The Morgan fingerprint density at radius 3 is 3.18 bits per heavy atom. The highest BCUT2D eigenvalue weighted by Crippen LogP contribution is 1.99. The van der Waals surface area contributed by atoms with Gasteiger partial charge in [-0.3, -0.25) is 4.79 Å². The highest BCUT2D eigenvalue weighted by atomic mass is 16.7. The van der Waals surface area contributed by atoms with Crippen LogP contribution in [0.5, 0.6) is 0 Å². The first-order valence-electron chi connectivity index (χ1n) is 3.84. The summed E-state index contributed by atoms with van der Waals surface area (Å²) in [7, 11) is 0. The van der Waals surface area contributed by atoms with Crippen molar-refractivity contribution < 1.29 is 14.3 Å². The minimum absolute atomic E-state index is 0.210. The average molecular weight is 159 g/mol. The minimum Gasteiger partial charge on any atom is -0.434 e. The molecular formula is C7H13NO3. The van der Waals surface area contributed by atoms with Crippen LogP contribution in [0.3, 0.4) is 0 Å². The van der Waals surface area contributed by atoms with E-state index in [0.29, 0.717) is 19.6 Å². The molecule has 1 fully saturated rings. The van der Waals surface area contributed by atoms with Gasteiger partial charge in [0.05, 0.1) is 13.2 Å². The molecule has 1 atom stereocenters. The summed E-state index contributed by atoms with van der Waals surface area (Å²) in [5.41, 5.74) is 0. The summed E-state index contributed by atoms with van der Waals surface area (Å²) >= 11 is 0. The lowest BCUT2D eigenvalue weighted by molar-refractivity contribution is -0.182. The van der Waals surface area contributed by atoms with Crippen LogP contribution in [-0.4, -0.2) is 32.0 Å². The molecule has 1 rings (SSSR count). The number of morpholine rings is 1. The van der Waals surface area contributed by atoms with Crippen LogP contribution >= 0.6 is 0 Å². The van der Waals surface area contributed by atoms with E-state index >= 15 is 0 Å². The third kappa shape index (κ3) is 2.86. The summed E-state index contributed by atoms with van der Waals surface area (Å²) in [5.74, 6) is -0.210. The molecule has 0 aromatic heterocycles. The Bertz CT molecular complexity index is 132. The van der Waals surface area contributed by atoms with Crippen LogP contribution in [0.1, 0.15) is 13.3 Å². The fraction of sp³-hybridized carbons (Fsp3) is 0.857. The summed E-state index contributed by atoms with van der Waals surface area (Å²) in [6.45, 7) is 3.81. The number of carbonyl (C=O) groups excluding carboxylic acids is 1. The van der Waals surface area contributed by atoms with Gasteiger partial charge in [0, 0.05) is 13.0 Å². The maximum atomic E-state index is 10.8. The number of carbonyl (C=O) groups is 1. The topological polar surface area (TPSA) is 47.6 Å². The molecule has 4 heteroatoms. The zero-order chi connectivity index (χ0) is 8.10. The first-order chi connectivity index (χ1) is 5.33. The smallest absolute Gasteiger partial charge is 0.307 e. The number of nitrogens with one attached hydrogen (secondary N) is 1. The first kappa shape index (κ1) is 8.49. The average Bonchev–Trinajstić information content (AvgIpc) is 2.06. The molecule has 0 amide bonds. The Balaban J connectivity index is 2.19. The Morgan fingerprint density at radius 1 is 1.82 bits per heavy atom. The molecule has 1 unspecified atom stereocenters. The van der Waals surface area contributed by atoms with Crippen LogP contribution in [-0.2, 0) is 14.3 Å². The molecule has 0 aromatic rings. The van der Waals surface area contributed by atoms with E-state index in [-0.39, 0.29) is 12.3 Å². The van der Waals surface area contributed by atoms with Crippen LogP contribution in [0, 0.1) is 0 Å². The predicted molar refractivity (Wildman–Crippen MR) is 39.0 cm³/mol. The monoisotopic (exact) mass is 159 g/mol. The minimum atomic E-state index is -0.379. The van der Waals surface area contributed by atoms with Crippen LogP contribution in [0.4, 0.5) is 0 Å². The van der Waals surface area contributed by atoms with Crippen molar-refractivity contribution in [2.45, 2.75) is 19.6 Å². The second-order valence-corrected chi connectivity index (χ2v) is 2.35. The molecule has 1 saturated heterocycles. The largest absolute Gasteiger partial charge is 0.434 e. The molecule has 0 spiro atoms. The third-order valence-electron chi connectivity index (χ3n) is 1.45. The molecule has 4 nitrogen and oxygen atoms in total. The lowest BCUT2D eigenvalue weighted by atomic mass is 10.4. The fourth-order valence-corrected chi connectivity index (χ4v) is 0.847. The van der Waals surface area contributed by atoms with Crippen LogP contribution in [0.2, 0.25) is 0 Å². The zero-order valence-corrected chi connectivity index (χ0v) is 6.63. The van der Waals surface area contributed by atoms with Crippen molar-refractivity contribution in [2.75, 3.05) is 19.7 Å². The van der Waals surface area contributed by atoms with Crippen LogP contribution in [0.15, 0.2) is 0 Å². The van der Waals surface area contributed by atoms with Gasteiger partial charge in [-0.15, -0.1) is 0 Å². The molecule has 0 bridgehead atoms. The molecule has 0 aliphatic carbocycles. The Morgan fingerprint density at radius 2 is 2.64 bits per heavy atom. The van der Waals surface area contributed by atoms with Gasteiger partial charge < -0.3 is 14.8 Å². The molecule has 11 heavy (non-hydrogen) atoms. The van der Waals surface area contributed by atoms with E-state index in [2.05, 4.69) is 5.32 Å². The zero-order valence-electron chi connectivity index (χ0n) is 6.63. The van der Waals surface area contributed by atoms with Crippen molar-refractivity contribution in [1.29, 1.82) is 0 Å². The number of esters is 1. The van der Waals surface area contributed by atoms with E-state index in [1.54, 1.807) is 6.92 Å². The van der Waals surface area contributed by atoms with Crippen molar-refractivity contribution >= 4 is 5.97 Å². The summed E-state index contributed by atoms with van der Waals surface area (Å²) in [4.78, 5) is 10.8. The third-order valence-corrected chi connectivity index (χ3v) is 1.45. The van der Waals surface area contributed by atoms with Gasteiger partial charge >= 0.3 is 5.97 Å². The molecule has 1 aliphatic rings. The van der Waals surface area contributed by atoms with Gasteiger partial charge in [0.25, 0.3) is 0 Å². The maximum absolute atomic E-state index is 10.8. The molecule has 0 aromatic carbocycles. The Kier molecular flexibility index (Phi) is 3.32. The molecule has 0 radical (unpaired) electrons. The first-order valence-corrected chi connectivity index (χ1v) is 3.84. The second kappa shape index (κ2) is 4.31. The number of hydrogen-bond acceptors (Lipinski definition) is 4. The van der Waals surface area contributed by atoms with E-state index in [1.165, 1.54) is 0 Å². The molecule has 0 saturated carbocycles. The molecule has 1 heterocycles. The molecule has 64 valence electrons. The van der Waals surface area contributed by atoms with E-state index < -0.39 is 0 Å². The quantitative estimate of drug-likeness (QED) is 0.571. The van der Waals surface area contributed by atoms with E-state index in [4.69, 9.17) is 9.47 Å². The van der Waals surface area contributed by atoms with Gasteiger partial charge in [-0.2, -0.15) is 0 Å². The highest BCUT2D eigenvalue weighted by molar-refractivity contribution is 5.68. The SMILES string of the molecule is CCC(=O)OC1CNCCO1. The van der Waals surface area contributed by atoms with Crippen molar-refractivity contribution in [1.82, 2.24) is 5.32 Å². The summed E-state index contributed by atoms with van der Waals surface area (Å²) in [6, 6.07) is 0. The number of rotatable bonds is 2. The van der Waals surface area contributed by atoms with Crippen molar-refractivity contribution in [3.05, 3.63) is 0 Å². The van der Waals surface area contributed by atoms with Crippen LogP contribution in [0.25, 0.3) is 0 Å². The van der Waals surface area contributed by atoms with Gasteiger partial charge in [-0.1, -0.05) is 6.92 Å². The van der Waals surface area contributed by atoms with Gasteiger partial charge in [0.2, 0.25) is 6.29 Å². The summed E-state index contributed by atoms with van der Waals surface area (Å²) < 4.78 is 10.1. The van der Waals surface area contributed by atoms with E-state index in [0.717, 1.165) is 6.54 Å². The normalized spacial score (nSPS) is 24.6. The van der Waals surface area contributed by atoms with E-state index in [1.807, 2.05) is 0 Å². The molecule has 1 N–H and O–H groups in total. The van der Waals surface area contributed by atoms with E-state index in [9.17, 15) is 4.79 Å². The van der Waals surface area contributed by atoms with Gasteiger partial charge in [-0.05, 0) is 0 Å². The summed E-state index contributed by atoms with van der Waals surface area (Å²) in [5, 5.41) is 3.06. The lowest BCUT2D eigenvalue weighted by Gasteiger charge is -2.22. The van der Waals surface area contributed by atoms with Gasteiger partial charge in [0.15, 0.2) is 0 Å². The highest BCUT2D eigenvalue weighted by Gasteiger charge is 2.16. The standard InChI is InChI=1S/C7H13NO3/c1-2-6(9)11-7-5-8-3-4-10-7/h7-8H,2-5H2,1H3. The van der Waals surface area contributed by atoms with Gasteiger partial charge in [0.1, 0.15) is 0 Å². The molecular weight excluding hydrogens is 146 g/mol. The summed E-state index contributed by atoms with van der Waals surface area (Å²) in [6.07, 6.45) is 0.0241. The van der Waals surface area contributed by atoms with Crippen LogP contribution < -0.4 is 5.32 Å². The molecule has 1 aliphatic heterocycles. The number of hydrogen-bond donors (Lipinski definition) is 1. The Hall–Kier alpha value is -0.610. The van der Waals surface area contributed by atoms with Gasteiger partial charge in [-0.25, -0.2) is 0 Å². The lowest BCUT2D eigenvalue weighted by Crippen LogP contribution is -2.40. The predicted octanol–water partition coefficient (Wildman–Crippen LogP) is -0.115.